The van der Waals surface area contributed by atoms with E-state index < -0.39 is 6.10 Å². The van der Waals surface area contributed by atoms with Crippen LogP contribution in [0.1, 0.15) is 15.9 Å². The topological polar surface area (TPSA) is 49.8 Å². The Kier molecular flexibility index (Phi) is 4.32. The van der Waals surface area contributed by atoms with E-state index in [2.05, 4.69) is 0 Å². The summed E-state index contributed by atoms with van der Waals surface area (Å²) >= 11 is 5.94. The molecule has 0 atom stereocenters. The van der Waals surface area contributed by atoms with Gasteiger partial charge < -0.3 is 14.7 Å². The average Bonchev–Trinajstić information content (AvgIpc) is 2.50. The van der Waals surface area contributed by atoms with Crippen molar-refractivity contribution in [2.75, 3.05) is 13.1 Å². The van der Waals surface area contributed by atoms with E-state index in [1.54, 1.807) is 23.1 Å². The van der Waals surface area contributed by atoms with Crippen LogP contribution in [0.25, 0.3) is 0 Å². The first-order valence-electron chi connectivity index (χ1n) is 7.06. The van der Waals surface area contributed by atoms with Crippen molar-refractivity contribution in [3.63, 3.8) is 0 Å². The lowest BCUT2D eigenvalue weighted by molar-refractivity contribution is 0.00587. The molecule has 1 heterocycles. The third kappa shape index (κ3) is 3.40. The lowest BCUT2D eigenvalue weighted by Gasteiger charge is -2.35. The molecule has 1 N–H and O–H groups in total. The number of aliphatic hydroxyl groups is 1. The van der Waals surface area contributed by atoms with Crippen LogP contribution in [0.4, 0.5) is 0 Å². The molecule has 1 fully saturated rings. The number of carbonyl (C=O) groups is 1. The molecular weight excluding hydrogens is 302 g/mol. The van der Waals surface area contributed by atoms with Crippen molar-refractivity contribution in [3.05, 3.63) is 64.7 Å². The molecule has 0 spiro atoms. The van der Waals surface area contributed by atoms with Crippen molar-refractivity contribution in [2.45, 2.75) is 12.7 Å². The summed E-state index contributed by atoms with van der Waals surface area (Å²) in [6.45, 7) is 1.18. The number of hydrogen-bond donors (Lipinski definition) is 1. The van der Waals surface area contributed by atoms with Crippen LogP contribution in [0, 0.1) is 0 Å². The summed E-state index contributed by atoms with van der Waals surface area (Å²) in [5.74, 6) is 0.547. The lowest BCUT2D eigenvalue weighted by Crippen LogP contribution is -2.53. The smallest absolute Gasteiger partial charge is 0.254 e. The molecule has 0 aliphatic carbocycles. The van der Waals surface area contributed by atoms with Gasteiger partial charge in [0.25, 0.3) is 5.91 Å². The van der Waals surface area contributed by atoms with E-state index in [1.165, 1.54) is 0 Å². The van der Waals surface area contributed by atoms with Crippen molar-refractivity contribution >= 4 is 17.5 Å². The van der Waals surface area contributed by atoms with Crippen molar-refractivity contribution in [1.29, 1.82) is 0 Å². The van der Waals surface area contributed by atoms with Gasteiger partial charge in [0.2, 0.25) is 0 Å². The van der Waals surface area contributed by atoms with Crippen LogP contribution in [0.3, 0.4) is 0 Å². The van der Waals surface area contributed by atoms with Crippen LogP contribution in [-0.4, -0.2) is 35.1 Å². The van der Waals surface area contributed by atoms with E-state index >= 15 is 0 Å². The Morgan fingerprint density at radius 1 is 1.23 bits per heavy atom. The normalized spacial score (nSPS) is 14.5. The van der Waals surface area contributed by atoms with Crippen molar-refractivity contribution in [3.8, 4) is 5.75 Å². The maximum absolute atomic E-state index is 12.2. The van der Waals surface area contributed by atoms with Gasteiger partial charge in [-0.15, -0.1) is 0 Å². The van der Waals surface area contributed by atoms with E-state index in [0.717, 1.165) is 5.56 Å². The average molecular weight is 318 g/mol. The number of rotatable bonds is 4. The van der Waals surface area contributed by atoms with E-state index in [0.29, 0.717) is 36.0 Å². The standard InChI is InChI=1S/C17H16ClNO3/c18-14-5-1-3-12(7-14)11-22-16-6-2-4-13(8-16)17(21)19-9-15(20)10-19/h1-8,15,20H,9-11H2. The quantitative estimate of drug-likeness (QED) is 0.943. The minimum Gasteiger partial charge on any atom is -0.489 e. The number of carbonyl (C=O) groups excluding carboxylic acids is 1. The van der Waals surface area contributed by atoms with Crippen LogP contribution < -0.4 is 4.74 Å². The van der Waals surface area contributed by atoms with Crippen LogP contribution in [0.5, 0.6) is 5.75 Å². The first-order valence-corrected chi connectivity index (χ1v) is 7.44. The summed E-state index contributed by atoms with van der Waals surface area (Å²) in [7, 11) is 0. The summed E-state index contributed by atoms with van der Waals surface area (Å²) in [5.41, 5.74) is 1.53. The van der Waals surface area contributed by atoms with Crippen LogP contribution >= 0.6 is 11.6 Å². The van der Waals surface area contributed by atoms with Gasteiger partial charge in [0, 0.05) is 23.7 Å². The van der Waals surface area contributed by atoms with Crippen molar-refractivity contribution < 1.29 is 14.6 Å². The number of ether oxygens (including phenoxy) is 1. The van der Waals surface area contributed by atoms with Crippen LogP contribution in [-0.2, 0) is 6.61 Å². The third-order valence-corrected chi connectivity index (χ3v) is 3.76. The zero-order chi connectivity index (χ0) is 15.5. The summed E-state index contributed by atoms with van der Waals surface area (Å²) in [6, 6.07) is 14.5. The van der Waals surface area contributed by atoms with Gasteiger partial charge in [-0.25, -0.2) is 0 Å². The number of β-amino-alcohol motifs (C(OH)–C–C–N with tert-alkyl or cyclic N) is 1. The van der Waals surface area contributed by atoms with Gasteiger partial charge >= 0.3 is 0 Å². The van der Waals surface area contributed by atoms with Gasteiger partial charge in [0.15, 0.2) is 0 Å². The maximum Gasteiger partial charge on any atom is 0.254 e. The van der Waals surface area contributed by atoms with Crippen molar-refractivity contribution in [1.82, 2.24) is 4.90 Å². The molecule has 1 aliphatic heterocycles. The van der Waals surface area contributed by atoms with E-state index in [9.17, 15) is 9.90 Å². The SMILES string of the molecule is O=C(c1cccc(OCc2cccc(Cl)c2)c1)N1CC(O)C1. The molecule has 1 amide bonds. The Bertz CT molecular complexity index is 683. The molecule has 1 saturated heterocycles. The van der Waals surface area contributed by atoms with Crippen LogP contribution in [0.15, 0.2) is 48.5 Å². The van der Waals surface area contributed by atoms with Gasteiger partial charge in [0.1, 0.15) is 12.4 Å². The molecule has 0 aromatic heterocycles. The Hall–Kier alpha value is -2.04. The molecule has 0 unspecified atom stereocenters. The highest BCUT2D eigenvalue weighted by atomic mass is 35.5. The molecule has 4 nitrogen and oxygen atoms in total. The van der Waals surface area contributed by atoms with Gasteiger partial charge in [-0.1, -0.05) is 29.8 Å². The fraction of sp³-hybridized carbons (Fsp3) is 0.235. The molecule has 3 rings (SSSR count). The number of hydrogen-bond acceptors (Lipinski definition) is 3. The Morgan fingerprint density at radius 2 is 2.00 bits per heavy atom. The summed E-state index contributed by atoms with van der Waals surface area (Å²) in [6.07, 6.45) is -0.397. The van der Waals surface area contributed by atoms with Crippen LogP contribution in [0.2, 0.25) is 5.02 Å². The van der Waals surface area contributed by atoms with Gasteiger partial charge in [-0.3, -0.25) is 4.79 Å². The summed E-state index contributed by atoms with van der Waals surface area (Å²) < 4.78 is 5.71. The lowest BCUT2D eigenvalue weighted by atomic mass is 10.1. The summed E-state index contributed by atoms with van der Waals surface area (Å²) in [4.78, 5) is 13.8. The number of likely N-dealkylation sites (tertiary alicyclic amines) is 1. The van der Waals surface area contributed by atoms with E-state index in [-0.39, 0.29) is 5.91 Å². The molecule has 0 radical (unpaired) electrons. The monoisotopic (exact) mass is 317 g/mol. The second-order valence-electron chi connectivity index (χ2n) is 5.31. The molecule has 114 valence electrons. The predicted octanol–water partition coefficient (Wildman–Crippen LogP) is 2.74. The number of halogens is 1. The Balaban J connectivity index is 1.65. The molecule has 1 aliphatic rings. The molecular formula is C17H16ClNO3. The van der Waals surface area contributed by atoms with E-state index in [4.69, 9.17) is 16.3 Å². The number of nitrogens with zero attached hydrogens (tertiary/aromatic N) is 1. The first kappa shape index (κ1) is 14.9. The molecule has 22 heavy (non-hydrogen) atoms. The molecule has 2 aromatic rings. The largest absolute Gasteiger partial charge is 0.489 e. The highest BCUT2D eigenvalue weighted by Crippen LogP contribution is 2.19. The highest BCUT2D eigenvalue weighted by Gasteiger charge is 2.29. The minimum absolute atomic E-state index is 0.0847. The van der Waals surface area contributed by atoms with Gasteiger partial charge in [-0.05, 0) is 35.9 Å². The first-order chi connectivity index (χ1) is 10.6. The molecule has 0 saturated carbocycles. The molecule has 2 aromatic carbocycles. The minimum atomic E-state index is -0.397. The Morgan fingerprint density at radius 3 is 2.73 bits per heavy atom. The number of benzene rings is 2. The molecule has 5 heteroatoms. The molecule has 0 bridgehead atoms. The van der Waals surface area contributed by atoms with Crippen molar-refractivity contribution in [2.24, 2.45) is 0 Å². The zero-order valence-electron chi connectivity index (χ0n) is 11.9. The maximum atomic E-state index is 12.2. The fourth-order valence-electron chi connectivity index (χ4n) is 2.32. The second-order valence-corrected chi connectivity index (χ2v) is 5.75. The number of amides is 1. The zero-order valence-corrected chi connectivity index (χ0v) is 12.7. The predicted molar refractivity (Wildman–Crippen MR) is 84.1 cm³/mol. The Labute approximate surface area is 133 Å². The van der Waals surface area contributed by atoms with Gasteiger partial charge in [-0.2, -0.15) is 0 Å². The van der Waals surface area contributed by atoms with Gasteiger partial charge in [0.05, 0.1) is 6.10 Å². The van der Waals surface area contributed by atoms with E-state index in [1.807, 2.05) is 30.3 Å². The second kappa shape index (κ2) is 6.38. The highest BCUT2D eigenvalue weighted by molar-refractivity contribution is 6.30. The summed E-state index contributed by atoms with van der Waals surface area (Å²) in [5, 5.41) is 9.94. The fourth-order valence-corrected chi connectivity index (χ4v) is 2.53. The number of aliphatic hydroxyl groups excluding tert-OH is 1. The third-order valence-electron chi connectivity index (χ3n) is 3.53.